The average Bonchev–Trinajstić information content (AvgIpc) is 3.54. The third kappa shape index (κ3) is 4.40. The zero-order valence-corrected chi connectivity index (χ0v) is 18.4. The third-order valence-corrected chi connectivity index (χ3v) is 5.50. The second-order valence-corrected chi connectivity index (χ2v) is 7.90. The molecule has 0 radical (unpaired) electrons. The van der Waals surface area contributed by atoms with Gasteiger partial charge in [-0.1, -0.05) is 43.5 Å². The first-order chi connectivity index (χ1) is 16.6. The Morgan fingerprint density at radius 3 is 2.62 bits per heavy atom. The number of benzene rings is 2. The summed E-state index contributed by atoms with van der Waals surface area (Å²) in [5.41, 5.74) is 5.97. The van der Waals surface area contributed by atoms with E-state index in [1.54, 1.807) is 18.5 Å². The molecule has 5 rings (SSSR count). The molecule has 0 aliphatic heterocycles. The molecule has 0 aliphatic rings. The van der Waals surface area contributed by atoms with Gasteiger partial charge in [-0.2, -0.15) is 5.10 Å². The first-order valence-corrected chi connectivity index (χ1v) is 10.7. The number of nitrogens with zero attached hydrogens (tertiary/aromatic N) is 3. The van der Waals surface area contributed by atoms with Crippen LogP contribution < -0.4 is 5.32 Å². The van der Waals surface area contributed by atoms with Crippen molar-refractivity contribution in [2.75, 3.05) is 5.32 Å². The number of H-pyrrole nitrogens is 2. The maximum atomic E-state index is 12.5. The summed E-state index contributed by atoms with van der Waals surface area (Å²) in [6, 6.07) is 17.6. The number of aromatic nitrogens is 5. The molecule has 3 aromatic heterocycles. The second-order valence-electron chi connectivity index (χ2n) is 7.90. The highest BCUT2D eigenvalue weighted by molar-refractivity contribution is 6.01. The van der Waals surface area contributed by atoms with Crippen LogP contribution in [0.4, 0.5) is 11.5 Å². The molecule has 0 fully saturated rings. The summed E-state index contributed by atoms with van der Waals surface area (Å²) in [6.07, 6.45) is 7.21. The number of carbonyl (C=O) groups is 1. The van der Waals surface area contributed by atoms with Crippen LogP contribution in [0.5, 0.6) is 0 Å². The summed E-state index contributed by atoms with van der Waals surface area (Å²) >= 11 is 0. The molecule has 2 aromatic carbocycles. The van der Waals surface area contributed by atoms with Crippen LogP contribution in [0.1, 0.15) is 16.9 Å². The molecule has 0 saturated carbocycles. The number of allylic oxidation sites excluding steroid dienone is 2. The molecule has 7 heteroatoms. The molecule has 0 spiro atoms. The van der Waals surface area contributed by atoms with Crippen molar-refractivity contribution in [1.29, 1.82) is 0 Å². The molecule has 0 aliphatic carbocycles. The largest absolute Gasteiger partial charge is 0.352 e. The van der Waals surface area contributed by atoms with E-state index in [-0.39, 0.29) is 12.2 Å². The summed E-state index contributed by atoms with van der Waals surface area (Å²) in [4.78, 5) is 24.8. The van der Waals surface area contributed by atoms with Gasteiger partial charge in [-0.05, 0) is 41.5 Å². The van der Waals surface area contributed by atoms with Crippen LogP contribution in [0.25, 0.3) is 33.4 Å². The van der Waals surface area contributed by atoms with Gasteiger partial charge in [0.1, 0.15) is 5.82 Å². The van der Waals surface area contributed by atoms with Crippen molar-refractivity contribution in [3.8, 4) is 22.5 Å². The van der Waals surface area contributed by atoms with Gasteiger partial charge in [0.2, 0.25) is 0 Å². The zero-order chi connectivity index (χ0) is 23.5. The molecular formula is C27H22N6O. The minimum Gasteiger partial charge on any atom is -0.352 e. The highest BCUT2D eigenvalue weighted by Crippen LogP contribution is 2.26. The molecule has 7 nitrogen and oxygen atoms in total. The minimum absolute atomic E-state index is 0.0242. The molecule has 3 N–H and O–H groups in total. The number of hydrogen-bond acceptors (Lipinski definition) is 5. The van der Waals surface area contributed by atoms with Crippen LogP contribution in [0.3, 0.4) is 0 Å². The molecule has 0 atom stereocenters. The topological polar surface area (TPSA) is 99.3 Å². The lowest BCUT2D eigenvalue weighted by atomic mass is 10.1. The average molecular weight is 447 g/mol. The number of ketones is 1. The van der Waals surface area contributed by atoms with Crippen molar-refractivity contribution in [2.45, 2.75) is 6.42 Å². The Kier molecular flexibility index (Phi) is 5.58. The molecular weight excluding hydrogens is 424 g/mol. The van der Waals surface area contributed by atoms with Gasteiger partial charge in [0, 0.05) is 46.5 Å². The first kappa shape index (κ1) is 21.1. The minimum atomic E-state index is -0.0242. The van der Waals surface area contributed by atoms with Crippen molar-refractivity contribution in [1.82, 2.24) is 25.1 Å². The van der Waals surface area contributed by atoms with Gasteiger partial charge in [0.05, 0.1) is 11.9 Å². The maximum Gasteiger partial charge on any atom is 0.183 e. The number of rotatable bonds is 8. The van der Waals surface area contributed by atoms with Gasteiger partial charge >= 0.3 is 0 Å². The monoisotopic (exact) mass is 446 g/mol. The van der Waals surface area contributed by atoms with E-state index in [1.807, 2.05) is 60.8 Å². The second kappa shape index (κ2) is 8.99. The number of hydrogen-bond donors (Lipinski definition) is 3. The number of Topliss-reactive ketones (excluding diaryl/α,β-unsaturated/α-hetero) is 1. The van der Waals surface area contributed by atoms with Gasteiger partial charge < -0.3 is 10.3 Å². The number of fused-ring (bicyclic) bond motifs is 1. The summed E-state index contributed by atoms with van der Waals surface area (Å²) in [6.45, 7) is 7.48. The van der Waals surface area contributed by atoms with Gasteiger partial charge in [-0.3, -0.25) is 9.89 Å². The summed E-state index contributed by atoms with van der Waals surface area (Å²) < 4.78 is 0. The number of aromatic amines is 2. The molecule has 166 valence electrons. The van der Waals surface area contributed by atoms with Crippen molar-refractivity contribution >= 4 is 28.2 Å². The van der Waals surface area contributed by atoms with Gasteiger partial charge in [0.15, 0.2) is 11.6 Å². The maximum absolute atomic E-state index is 12.5. The lowest BCUT2D eigenvalue weighted by Gasteiger charge is -2.08. The van der Waals surface area contributed by atoms with Gasteiger partial charge in [-0.15, -0.1) is 0 Å². The normalized spacial score (nSPS) is 10.8. The van der Waals surface area contributed by atoms with Crippen LogP contribution in [0, 0.1) is 0 Å². The Hall–Kier alpha value is -4.78. The summed E-state index contributed by atoms with van der Waals surface area (Å²) in [7, 11) is 0. The third-order valence-electron chi connectivity index (χ3n) is 5.50. The SMILES string of the molecule is C=CC(=C)CC(=O)c1cc2ccc(-c3nccc(Nc4ccc(-c5cn[nH]c5)cc4)n3)cc2[nH]1. The number of carbonyl (C=O) groups excluding carboxylic acids is 1. The zero-order valence-electron chi connectivity index (χ0n) is 18.4. The Bertz CT molecular complexity index is 1500. The summed E-state index contributed by atoms with van der Waals surface area (Å²) in [5.74, 6) is 1.25. The summed E-state index contributed by atoms with van der Waals surface area (Å²) in [5, 5.41) is 11.1. The van der Waals surface area contributed by atoms with E-state index in [0.29, 0.717) is 22.9 Å². The van der Waals surface area contributed by atoms with Crippen molar-refractivity contribution in [2.24, 2.45) is 0 Å². The Balaban J connectivity index is 1.36. The molecule has 5 aromatic rings. The molecule has 0 amide bonds. The fraction of sp³-hybridized carbons (Fsp3) is 0.0370. The number of nitrogens with one attached hydrogen (secondary N) is 3. The predicted molar refractivity (Wildman–Crippen MR) is 135 cm³/mol. The quantitative estimate of drug-likeness (QED) is 0.198. The fourth-order valence-electron chi connectivity index (χ4n) is 3.66. The molecule has 0 bridgehead atoms. The van der Waals surface area contributed by atoms with Crippen LogP contribution >= 0.6 is 0 Å². The highest BCUT2D eigenvalue weighted by Gasteiger charge is 2.12. The number of anilines is 2. The predicted octanol–water partition coefficient (Wildman–Crippen LogP) is 6.07. The van der Waals surface area contributed by atoms with Crippen molar-refractivity contribution in [3.63, 3.8) is 0 Å². The van der Waals surface area contributed by atoms with Crippen molar-refractivity contribution < 1.29 is 4.79 Å². The van der Waals surface area contributed by atoms with E-state index in [1.165, 1.54) is 0 Å². The molecule has 0 saturated heterocycles. The Morgan fingerprint density at radius 2 is 1.85 bits per heavy atom. The first-order valence-electron chi connectivity index (χ1n) is 10.7. The lowest BCUT2D eigenvalue weighted by molar-refractivity contribution is 0.0990. The van der Waals surface area contributed by atoms with Gasteiger partial charge in [-0.25, -0.2) is 9.97 Å². The van der Waals surface area contributed by atoms with Crippen LogP contribution in [0.15, 0.2) is 98.0 Å². The standard InChI is InChI=1S/C27H22N6O/c1-3-17(2)12-25(34)24-13-19-4-5-20(14-23(19)32-24)27-28-11-10-26(33-27)31-22-8-6-18(7-9-22)21-15-29-30-16-21/h3-11,13-16,32H,1-2,12H2,(H,29,30)(H,28,31,33). The molecule has 0 unspecified atom stereocenters. The lowest BCUT2D eigenvalue weighted by Crippen LogP contribution is -1.99. The van der Waals surface area contributed by atoms with E-state index in [0.717, 1.165) is 33.3 Å². The molecule has 34 heavy (non-hydrogen) atoms. The smallest absolute Gasteiger partial charge is 0.183 e. The van der Waals surface area contributed by atoms with E-state index >= 15 is 0 Å². The van der Waals surface area contributed by atoms with Crippen LogP contribution in [-0.2, 0) is 0 Å². The van der Waals surface area contributed by atoms with E-state index in [4.69, 9.17) is 0 Å². The van der Waals surface area contributed by atoms with Crippen LogP contribution in [-0.4, -0.2) is 30.9 Å². The Morgan fingerprint density at radius 1 is 1.03 bits per heavy atom. The van der Waals surface area contributed by atoms with E-state index in [9.17, 15) is 4.79 Å². The van der Waals surface area contributed by atoms with Crippen LogP contribution in [0.2, 0.25) is 0 Å². The van der Waals surface area contributed by atoms with E-state index < -0.39 is 0 Å². The van der Waals surface area contributed by atoms with E-state index in [2.05, 4.69) is 43.6 Å². The highest BCUT2D eigenvalue weighted by atomic mass is 16.1. The van der Waals surface area contributed by atoms with Crippen molar-refractivity contribution in [3.05, 3.63) is 104 Å². The Labute approximate surface area is 196 Å². The van der Waals surface area contributed by atoms with Gasteiger partial charge in [0.25, 0.3) is 0 Å². The molecule has 3 heterocycles. The fourth-order valence-corrected chi connectivity index (χ4v) is 3.66.